The molecule has 216 valence electrons. The fraction of sp³-hybridized carbons (Fsp3) is 0.818. The predicted molar refractivity (Wildman–Crippen MR) is 158 cm³/mol. The van der Waals surface area contributed by atoms with Gasteiger partial charge in [0.2, 0.25) is 0 Å². The molecule has 0 aliphatic heterocycles. The van der Waals surface area contributed by atoms with Crippen LogP contribution in [0.1, 0.15) is 161 Å². The lowest BCUT2D eigenvalue weighted by Crippen LogP contribution is -2.21. The summed E-state index contributed by atoms with van der Waals surface area (Å²) < 4.78 is 5.01. The number of carboxylic acid groups (broad SMARTS) is 1. The maximum atomic E-state index is 11.9. The van der Waals surface area contributed by atoms with Gasteiger partial charge in [-0.2, -0.15) is 0 Å². The summed E-state index contributed by atoms with van der Waals surface area (Å²) in [5, 5.41) is 9.00. The topological polar surface area (TPSA) is 63.6 Å². The molecule has 0 radical (unpaired) electrons. The first-order valence-corrected chi connectivity index (χ1v) is 15.8. The van der Waals surface area contributed by atoms with E-state index in [9.17, 15) is 9.59 Å². The van der Waals surface area contributed by atoms with Crippen molar-refractivity contribution >= 4 is 11.9 Å². The van der Waals surface area contributed by atoms with Crippen LogP contribution in [-0.2, 0) is 14.3 Å². The zero-order valence-electron chi connectivity index (χ0n) is 24.4. The van der Waals surface area contributed by atoms with Crippen molar-refractivity contribution in [2.45, 2.75) is 161 Å². The second kappa shape index (κ2) is 29.0. The Morgan fingerprint density at radius 3 is 1.49 bits per heavy atom. The molecule has 1 N–H and O–H groups in total. The van der Waals surface area contributed by atoms with Crippen molar-refractivity contribution in [2.75, 3.05) is 6.61 Å². The van der Waals surface area contributed by atoms with Crippen LogP contribution < -0.4 is 0 Å². The quantitative estimate of drug-likeness (QED) is 0.0605. The van der Waals surface area contributed by atoms with Gasteiger partial charge in [0.15, 0.2) is 0 Å². The number of ether oxygens (including phenoxy) is 1. The van der Waals surface area contributed by atoms with Crippen molar-refractivity contribution in [1.29, 1.82) is 0 Å². The molecule has 0 amide bonds. The van der Waals surface area contributed by atoms with Gasteiger partial charge in [-0.25, -0.2) is 0 Å². The number of hydrogen-bond donors (Lipinski definition) is 1. The zero-order valence-corrected chi connectivity index (χ0v) is 24.4. The molecule has 0 saturated heterocycles. The third-order valence-corrected chi connectivity index (χ3v) is 7.17. The van der Waals surface area contributed by atoms with Crippen molar-refractivity contribution in [2.24, 2.45) is 5.92 Å². The molecule has 4 nitrogen and oxygen atoms in total. The van der Waals surface area contributed by atoms with E-state index >= 15 is 0 Å². The summed E-state index contributed by atoms with van der Waals surface area (Å²) in [5.74, 6) is -1.99. The highest BCUT2D eigenvalue weighted by molar-refractivity contribution is 5.79. The first-order chi connectivity index (χ1) is 18.1. The summed E-state index contributed by atoms with van der Waals surface area (Å²) in [6.45, 7) is 5.93. The Labute approximate surface area is 229 Å². The van der Waals surface area contributed by atoms with E-state index in [1.807, 2.05) is 0 Å². The van der Waals surface area contributed by atoms with Gasteiger partial charge >= 0.3 is 11.9 Å². The molecule has 4 heteroatoms. The molecule has 0 saturated carbocycles. The van der Waals surface area contributed by atoms with Crippen LogP contribution in [0.3, 0.4) is 0 Å². The van der Waals surface area contributed by atoms with Gasteiger partial charge in [-0.15, -0.1) is 0 Å². The molecule has 1 unspecified atom stereocenters. The van der Waals surface area contributed by atoms with Gasteiger partial charge in [0.25, 0.3) is 0 Å². The molecule has 0 fully saturated rings. The van der Waals surface area contributed by atoms with Crippen LogP contribution in [0.2, 0.25) is 0 Å². The number of rotatable bonds is 29. The van der Waals surface area contributed by atoms with Crippen LogP contribution in [0.25, 0.3) is 0 Å². The van der Waals surface area contributed by atoms with Crippen LogP contribution >= 0.6 is 0 Å². The van der Waals surface area contributed by atoms with Gasteiger partial charge in [-0.1, -0.05) is 154 Å². The minimum atomic E-state index is -0.964. The highest BCUT2D eigenvalue weighted by Gasteiger charge is 2.22. The zero-order chi connectivity index (χ0) is 27.2. The summed E-state index contributed by atoms with van der Waals surface area (Å²) in [6, 6.07) is 0. The van der Waals surface area contributed by atoms with Crippen LogP contribution in [0.5, 0.6) is 0 Å². The molecular weight excluding hydrogens is 460 g/mol. The van der Waals surface area contributed by atoms with E-state index in [4.69, 9.17) is 9.84 Å². The van der Waals surface area contributed by atoms with Gasteiger partial charge < -0.3 is 9.84 Å². The molecule has 0 rings (SSSR count). The van der Waals surface area contributed by atoms with Crippen molar-refractivity contribution in [3.8, 4) is 0 Å². The van der Waals surface area contributed by atoms with E-state index in [1.165, 1.54) is 134 Å². The van der Waals surface area contributed by atoms with E-state index in [0.29, 0.717) is 12.8 Å². The van der Waals surface area contributed by atoms with Gasteiger partial charge in [0.05, 0.1) is 12.3 Å². The summed E-state index contributed by atoms with van der Waals surface area (Å²) in [6.07, 6.45) is 35.8. The summed E-state index contributed by atoms with van der Waals surface area (Å²) in [4.78, 5) is 22.9. The number of unbranched alkanes of at least 4 members (excludes halogenated alkanes) is 20. The van der Waals surface area contributed by atoms with E-state index in [0.717, 1.165) is 6.42 Å². The Bertz CT molecular complexity index is 555. The van der Waals surface area contributed by atoms with E-state index in [1.54, 1.807) is 0 Å². The van der Waals surface area contributed by atoms with Gasteiger partial charge in [-0.05, 0) is 25.7 Å². The number of hydrogen-bond acceptors (Lipinski definition) is 3. The van der Waals surface area contributed by atoms with Crippen LogP contribution in [0.4, 0.5) is 0 Å². The fourth-order valence-electron chi connectivity index (χ4n) is 4.82. The SMILES string of the molecule is C=CCOC(=O)C(CC/C=C/CCCCCCCCCCCCCCCCCCCCCC)CC(=O)O. The Balaban J connectivity index is 3.40. The summed E-state index contributed by atoms with van der Waals surface area (Å²) in [5.41, 5.74) is 0. The predicted octanol–water partition coefficient (Wildman–Crippen LogP) is 10.4. The molecule has 0 bridgehead atoms. The second-order valence-electron chi connectivity index (χ2n) is 10.8. The maximum absolute atomic E-state index is 11.9. The molecule has 0 spiro atoms. The minimum Gasteiger partial charge on any atom is -0.481 e. The minimum absolute atomic E-state index is 0.129. The Morgan fingerprint density at radius 1 is 0.676 bits per heavy atom. The first-order valence-electron chi connectivity index (χ1n) is 15.8. The third kappa shape index (κ3) is 27.3. The van der Waals surface area contributed by atoms with Crippen molar-refractivity contribution in [1.82, 2.24) is 0 Å². The van der Waals surface area contributed by atoms with Gasteiger partial charge in [0.1, 0.15) is 6.61 Å². The van der Waals surface area contributed by atoms with Gasteiger partial charge in [-0.3, -0.25) is 9.59 Å². The standard InChI is InChI=1S/C33H60O4/c1-3-5-6-7-8-9-10-11-12-13-14-15-16-17-18-19-20-21-22-23-24-25-26-27-28-31(30-32(34)35)33(36)37-29-4-2/h4,25-26,31H,2-3,5-24,27-30H2,1H3,(H,34,35)/b26-25+. The van der Waals surface area contributed by atoms with Crippen molar-refractivity contribution in [3.63, 3.8) is 0 Å². The largest absolute Gasteiger partial charge is 0.481 e. The van der Waals surface area contributed by atoms with Crippen LogP contribution in [0, 0.1) is 5.92 Å². The molecule has 1 atom stereocenters. The Kier molecular flexibility index (Phi) is 27.7. The van der Waals surface area contributed by atoms with E-state index < -0.39 is 17.9 Å². The van der Waals surface area contributed by atoms with Crippen molar-refractivity contribution in [3.05, 3.63) is 24.8 Å². The summed E-state index contributed by atoms with van der Waals surface area (Å²) in [7, 11) is 0. The number of carboxylic acids is 1. The highest BCUT2D eigenvalue weighted by Crippen LogP contribution is 2.16. The van der Waals surface area contributed by atoms with E-state index in [-0.39, 0.29) is 13.0 Å². The molecule has 0 aliphatic rings. The molecule has 0 aromatic rings. The number of allylic oxidation sites excluding steroid dienone is 2. The second-order valence-corrected chi connectivity index (χ2v) is 10.8. The molecule has 0 aliphatic carbocycles. The lowest BCUT2D eigenvalue weighted by atomic mass is 9.99. The molecule has 0 aromatic carbocycles. The Hall–Kier alpha value is -1.58. The lowest BCUT2D eigenvalue weighted by molar-refractivity contribution is -0.152. The van der Waals surface area contributed by atoms with Gasteiger partial charge in [0, 0.05) is 0 Å². The highest BCUT2D eigenvalue weighted by atomic mass is 16.5. The monoisotopic (exact) mass is 520 g/mol. The summed E-state index contributed by atoms with van der Waals surface area (Å²) >= 11 is 0. The van der Waals surface area contributed by atoms with Crippen LogP contribution in [-0.4, -0.2) is 23.7 Å². The molecule has 0 heterocycles. The maximum Gasteiger partial charge on any atom is 0.309 e. The third-order valence-electron chi connectivity index (χ3n) is 7.17. The lowest BCUT2D eigenvalue weighted by Gasteiger charge is -2.12. The van der Waals surface area contributed by atoms with E-state index in [2.05, 4.69) is 25.7 Å². The Morgan fingerprint density at radius 2 is 1.08 bits per heavy atom. The number of esters is 1. The molecular formula is C33H60O4. The average molecular weight is 521 g/mol. The number of carbonyl (C=O) groups excluding carboxylic acids is 1. The average Bonchev–Trinajstić information content (AvgIpc) is 2.88. The number of aliphatic carboxylic acids is 1. The molecule has 0 aromatic heterocycles. The normalized spacial score (nSPS) is 12.1. The fourth-order valence-corrected chi connectivity index (χ4v) is 4.82. The molecule has 37 heavy (non-hydrogen) atoms. The van der Waals surface area contributed by atoms with Crippen LogP contribution in [0.15, 0.2) is 24.8 Å². The first kappa shape index (κ1) is 35.4. The smallest absolute Gasteiger partial charge is 0.309 e. The number of carbonyl (C=O) groups is 2. The van der Waals surface area contributed by atoms with Crippen molar-refractivity contribution < 1.29 is 19.4 Å².